The monoisotopic (exact) mass is 286 g/mol. The standard InChI is InChI=1S/C11H8BrClS/c12-10-6-9(7-14-10)11(13)8-4-2-1-3-5-8/h1-7,11H. The zero-order chi connectivity index (χ0) is 9.97. The molecule has 0 saturated heterocycles. The first kappa shape index (κ1) is 10.2. The van der Waals surface area contributed by atoms with Crippen LogP contribution in [0.4, 0.5) is 0 Å². The Balaban J connectivity index is 2.29. The molecule has 1 aromatic carbocycles. The van der Waals surface area contributed by atoms with Crippen LogP contribution in [0.5, 0.6) is 0 Å². The highest BCUT2D eigenvalue weighted by molar-refractivity contribution is 9.11. The number of alkyl halides is 1. The van der Waals surface area contributed by atoms with E-state index in [0.717, 1.165) is 14.9 Å². The predicted molar refractivity (Wildman–Crippen MR) is 66.2 cm³/mol. The van der Waals surface area contributed by atoms with E-state index in [1.165, 1.54) is 0 Å². The molecule has 0 aliphatic rings. The number of halogens is 2. The molecular weight excluding hydrogens is 280 g/mol. The molecule has 3 heteroatoms. The van der Waals surface area contributed by atoms with Gasteiger partial charge in [0.1, 0.15) is 0 Å². The molecule has 0 spiro atoms. The molecule has 0 radical (unpaired) electrons. The van der Waals surface area contributed by atoms with Crippen LogP contribution in [0.1, 0.15) is 16.5 Å². The Morgan fingerprint density at radius 2 is 1.86 bits per heavy atom. The molecule has 0 N–H and O–H groups in total. The Hall–Kier alpha value is -0.310. The zero-order valence-electron chi connectivity index (χ0n) is 7.28. The quantitative estimate of drug-likeness (QED) is 0.693. The van der Waals surface area contributed by atoms with Gasteiger partial charge in [0.15, 0.2) is 0 Å². The lowest BCUT2D eigenvalue weighted by atomic mass is 10.1. The lowest BCUT2D eigenvalue weighted by Crippen LogP contribution is -1.89. The molecule has 0 bridgehead atoms. The van der Waals surface area contributed by atoms with Crippen LogP contribution in [0, 0.1) is 0 Å². The Labute approximate surface area is 101 Å². The first-order valence-corrected chi connectivity index (χ1v) is 6.31. The molecule has 14 heavy (non-hydrogen) atoms. The molecule has 0 aliphatic heterocycles. The van der Waals surface area contributed by atoms with Gasteiger partial charge >= 0.3 is 0 Å². The van der Waals surface area contributed by atoms with E-state index in [-0.39, 0.29) is 5.38 Å². The smallest absolute Gasteiger partial charge is 0.0843 e. The van der Waals surface area contributed by atoms with Crippen molar-refractivity contribution in [1.82, 2.24) is 0 Å². The molecular formula is C11H8BrClS. The summed E-state index contributed by atoms with van der Waals surface area (Å²) in [6.07, 6.45) is 0. The fourth-order valence-corrected chi connectivity index (χ4v) is 2.82. The second-order valence-electron chi connectivity index (χ2n) is 2.96. The van der Waals surface area contributed by atoms with Crippen molar-refractivity contribution >= 4 is 38.9 Å². The van der Waals surface area contributed by atoms with E-state index in [4.69, 9.17) is 11.6 Å². The molecule has 0 amide bonds. The van der Waals surface area contributed by atoms with Gasteiger partial charge in [-0.25, -0.2) is 0 Å². The Kier molecular flexibility index (Phi) is 3.26. The van der Waals surface area contributed by atoms with Crippen LogP contribution in [0.25, 0.3) is 0 Å². The van der Waals surface area contributed by atoms with Gasteiger partial charge in [-0.3, -0.25) is 0 Å². The first-order valence-electron chi connectivity index (χ1n) is 4.20. The normalized spacial score (nSPS) is 12.7. The molecule has 0 aliphatic carbocycles. The van der Waals surface area contributed by atoms with Gasteiger partial charge in [0, 0.05) is 0 Å². The Bertz CT molecular complexity index is 410. The van der Waals surface area contributed by atoms with Crippen LogP contribution in [-0.4, -0.2) is 0 Å². The summed E-state index contributed by atoms with van der Waals surface area (Å²) < 4.78 is 1.12. The number of hydrogen-bond donors (Lipinski definition) is 0. The summed E-state index contributed by atoms with van der Waals surface area (Å²) in [6, 6.07) is 12.2. The summed E-state index contributed by atoms with van der Waals surface area (Å²) in [5.74, 6) is 0. The minimum Gasteiger partial charge on any atom is -0.136 e. The van der Waals surface area contributed by atoms with Gasteiger partial charge in [-0.15, -0.1) is 22.9 Å². The van der Waals surface area contributed by atoms with Crippen LogP contribution in [-0.2, 0) is 0 Å². The van der Waals surface area contributed by atoms with Gasteiger partial charge < -0.3 is 0 Å². The second-order valence-corrected chi connectivity index (χ2v) is 5.68. The fourth-order valence-electron chi connectivity index (χ4n) is 1.27. The molecule has 2 rings (SSSR count). The summed E-state index contributed by atoms with van der Waals surface area (Å²) in [5.41, 5.74) is 2.29. The number of thiophene rings is 1. The molecule has 0 saturated carbocycles. The third kappa shape index (κ3) is 2.19. The molecule has 1 atom stereocenters. The average molecular weight is 288 g/mol. The fraction of sp³-hybridized carbons (Fsp3) is 0.0909. The lowest BCUT2D eigenvalue weighted by Gasteiger charge is -2.06. The highest BCUT2D eigenvalue weighted by Gasteiger charge is 2.11. The van der Waals surface area contributed by atoms with E-state index < -0.39 is 0 Å². The van der Waals surface area contributed by atoms with Crippen molar-refractivity contribution in [1.29, 1.82) is 0 Å². The molecule has 1 unspecified atom stereocenters. The minimum absolute atomic E-state index is 0.0428. The Morgan fingerprint density at radius 1 is 1.14 bits per heavy atom. The maximum atomic E-state index is 6.33. The maximum absolute atomic E-state index is 6.33. The van der Waals surface area contributed by atoms with Crippen molar-refractivity contribution < 1.29 is 0 Å². The van der Waals surface area contributed by atoms with Gasteiger partial charge in [-0.05, 0) is 38.5 Å². The van der Waals surface area contributed by atoms with E-state index in [9.17, 15) is 0 Å². The van der Waals surface area contributed by atoms with Crippen LogP contribution >= 0.6 is 38.9 Å². The third-order valence-electron chi connectivity index (χ3n) is 1.97. The van der Waals surface area contributed by atoms with Gasteiger partial charge in [-0.1, -0.05) is 30.3 Å². The molecule has 1 aromatic heterocycles. The van der Waals surface area contributed by atoms with Crippen LogP contribution in [0.3, 0.4) is 0 Å². The zero-order valence-corrected chi connectivity index (χ0v) is 10.4. The topological polar surface area (TPSA) is 0 Å². The molecule has 0 fully saturated rings. The van der Waals surface area contributed by atoms with Crippen molar-refractivity contribution in [2.24, 2.45) is 0 Å². The average Bonchev–Trinajstić information content (AvgIpc) is 2.65. The van der Waals surface area contributed by atoms with Crippen LogP contribution < -0.4 is 0 Å². The summed E-state index contributed by atoms with van der Waals surface area (Å²) in [5, 5.41) is 2.04. The van der Waals surface area contributed by atoms with Crippen molar-refractivity contribution in [3.05, 3.63) is 56.7 Å². The third-order valence-corrected chi connectivity index (χ3v) is 4.00. The SMILES string of the molecule is ClC(c1ccccc1)c1csc(Br)c1. The van der Waals surface area contributed by atoms with Gasteiger partial charge in [-0.2, -0.15) is 0 Å². The summed E-state index contributed by atoms with van der Waals surface area (Å²) in [4.78, 5) is 0. The predicted octanol–water partition coefficient (Wildman–Crippen LogP) is 4.84. The highest BCUT2D eigenvalue weighted by Crippen LogP contribution is 2.33. The molecule has 1 heterocycles. The summed E-state index contributed by atoms with van der Waals surface area (Å²) >= 11 is 11.4. The van der Waals surface area contributed by atoms with Crippen molar-refractivity contribution in [3.8, 4) is 0 Å². The van der Waals surface area contributed by atoms with E-state index in [2.05, 4.69) is 27.4 Å². The minimum atomic E-state index is -0.0428. The van der Waals surface area contributed by atoms with E-state index in [1.54, 1.807) is 11.3 Å². The Morgan fingerprint density at radius 3 is 2.43 bits per heavy atom. The molecule has 2 aromatic rings. The van der Waals surface area contributed by atoms with E-state index in [1.807, 2.05) is 30.3 Å². The lowest BCUT2D eigenvalue weighted by molar-refractivity contribution is 1.15. The van der Waals surface area contributed by atoms with Crippen molar-refractivity contribution in [3.63, 3.8) is 0 Å². The van der Waals surface area contributed by atoms with Crippen molar-refractivity contribution in [2.45, 2.75) is 5.38 Å². The highest BCUT2D eigenvalue weighted by atomic mass is 79.9. The van der Waals surface area contributed by atoms with Gasteiger partial charge in [0.25, 0.3) is 0 Å². The van der Waals surface area contributed by atoms with Crippen molar-refractivity contribution in [2.75, 3.05) is 0 Å². The number of rotatable bonds is 2. The number of benzene rings is 1. The second kappa shape index (κ2) is 4.47. The number of hydrogen-bond acceptors (Lipinski definition) is 1. The van der Waals surface area contributed by atoms with Crippen LogP contribution in [0.2, 0.25) is 0 Å². The molecule has 72 valence electrons. The maximum Gasteiger partial charge on any atom is 0.0843 e. The van der Waals surface area contributed by atoms with Gasteiger partial charge in [0.05, 0.1) is 9.16 Å². The van der Waals surface area contributed by atoms with Crippen LogP contribution in [0.15, 0.2) is 45.6 Å². The van der Waals surface area contributed by atoms with E-state index >= 15 is 0 Å². The first-order chi connectivity index (χ1) is 6.77. The van der Waals surface area contributed by atoms with Gasteiger partial charge in [0.2, 0.25) is 0 Å². The summed E-state index contributed by atoms with van der Waals surface area (Å²) in [7, 11) is 0. The van der Waals surface area contributed by atoms with E-state index in [0.29, 0.717) is 0 Å². The largest absolute Gasteiger partial charge is 0.136 e. The summed E-state index contributed by atoms with van der Waals surface area (Å²) in [6.45, 7) is 0. The molecule has 0 nitrogen and oxygen atoms in total.